The molecule has 170 valence electrons. The maximum atomic E-state index is 12.8. The first-order valence-corrected chi connectivity index (χ1v) is 11.3. The van der Waals surface area contributed by atoms with E-state index in [2.05, 4.69) is 19.2 Å². The lowest BCUT2D eigenvalue weighted by Gasteiger charge is -2.38. The first-order valence-electron chi connectivity index (χ1n) is 11.3. The average molecular weight is 431 g/mol. The van der Waals surface area contributed by atoms with Crippen LogP contribution in [0.25, 0.3) is 0 Å². The fraction of sp³-hybridized carbons (Fsp3) is 0.625. The highest BCUT2D eigenvalue weighted by Gasteiger charge is 2.42. The molecular formula is C24H34N2O5. The van der Waals surface area contributed by atoms with Crippen molar-refractivity contribution in [1.82, 2.24) is 10.2 Å². The summed E-state index contributed by atoms with van der Waals surface area (Å²) in [5.74, 6) is -0.188. The summed E-state index contributed by atoms with van der Waals surface area (Å²) in [6, 6.07) is 7.11. The van der Waals surface area contributed by atoms with Gasteiger partial charge in [-0.3, -0.25) is 9.59 Å². The van der Waals surface area contributed by atoms with Gasteiger partial charge in [-0.1, -0.05) is 19.3 Å². The maximum absolute atomic E-state index is 12.8. The van der Waals surface area contributed by atoms with Gasteiger partial charge in [0.2, 0.25) is 0 Å². The van der Waals surface area contributed by atoms with E-state index in [1.165, 1.54) is 7.11 Å². The standard InChI is InChI=1S/C24H34N2O5/c1-17-8-7-9-18(2)26(17)21(27)16-31-20-12-10-19(11-13-20)22(28)25-24(23(29)30-3)14-5-4-6-15-24/h10-13,17-18H,4-9,14-16H2,1-3H3,(H,25,28)/t17-,18+. The number of amides is 2. The highest BCUT2D eigenvalue weighted by atomic mass is 16.5. The Morgan fingerprint density at radius 3 is 2.19 bits per heavy atom. The van der Waals surface area contributed by atoms with E-state index in [1.807, 2.05) is 4.90 Å². The number of rotatable bonds is 6. The largest absolute Gasteiger partial charge is 0.484 e. The van der Waals surface area contributed by atoms with Crippen molar-refractivity contribution in [3.8, 4) is 5.75 Å². The second kappa shape index (κ2) is 10.2. The molecule has 7 heteroatoms. The van der Waals surface area contributed by atoms with Crippen molar-refractivity contribution in [1.29, 1.82) is 0 Å². The molecule has 1 aromatic carbocycles. The highest BCUT2D eigenvalue weighted by Crippen LogP contribution is 2.30. The summed E-state index contributed by atoms with van der Waals surface area (Å²) in [6.45, 7) is 4.13. The van der Waals surface area contributed by atoms with Crippen LogP contribution in [0.4, 0.5) is 0 Å². The van der Waals surface area contributed by atoms with Gasteiger partial charge < -0.3 is 19.7 Å². The van der Waals surface area contributed by atoms with E-state index in [0.29, 0.717) is 24.2 Å². The molecule has 2 fully saturated rings. The number of hydrogen-bond acceptors (Lipinski definition) is 5. The van der Waals surface area contributed by atoms with Crippen molar-refractivity contribution in [3.63, 3.8) is 0 Å². The average Bonchev–Trinajstić information content (AvgIpc) is 2.78. The Kier molecular flexibility index (Phi) is 7.57. The monoisotopic (exact) mass is 430 g/mol. The molecule has 0 spiro atoms. The first kappa shape index (κ1) is 23.1. The molecule has 1 heterocycles. The van der Waals surface area contributed by atoms with Crippen LogP contribution < -0.4 is 10.1 Å². The highest BCUT2D eigenvalue weighted by molar-refractivity contribution is 5.98. The fourth-order valence-corrected chi connectivity index (χ4v) is 4.86. The molecule has 0 bridgehead atoms. The van der Waals surface area contributed by atoms with Crippen molar-refractivity contribution in [2.24, 2.45) is 0 Å². The minimum absolute atomic E-state index is 0.0150. The third-order valence-corrected chi connectivity index (χ3v) is 6.60. The van der Waals surface area contributed by atoms with E-state index in [0.717, 1.165) is 38.5 Å². The molecule has 3 rings (SSSR count). The van der Waals surface area contributed by atoms with Crippen LogP contribution in [0.5, 0.6) is 5.75 Å². The van der Waals surface area contributed by atoms with Gasteiger partial charge in [0.05, 0.1) is 7.11 Å². The van der Waals surface area contributed by atoms with E-state index >= 15 is 0 Å². The smallest absolute Gasteiger partial charge is 0.331 e. The molecule has 1 N–H and O–H groups in total. The summed E-state index contributed by atoms with van der Waals surface area (Å²) in [5.41, 5.74) is -0.515. The van der Waals surface area contributed by atoms with E-state index in [9.17, 15) is 14.4 Å². The number of nitrogens with one attached hydrogen (secondary N) is 1. The van der Waals surface area contributed by atoms with Crippen LogP contribution >= 0.6 is 0 Å². The number of hydrogen-bond donors (Lipinski definition) is 1. The Morgan fingerprint density at radius 1 is 1.00 bits per heavy atom. The molecule has 31 heavy (non-hydrogen) atoms. The zero-order valence-electron chi connectivity index (χ0n) is 18.8. The maximum Gasteiger partial charge on any atom is 0.331 e. The molecule has 1 aromatic rings. The van der Waals surface area contributed by atoms with Crippen LogP contribution in [-0.2, 0) is 14.3 Å². The zero-order chi connectivity index (χ0) is 22.4. The van der Waals surface area contributed by atoms with Crippen LogP contribution in [0, 0.1) is 0 Å². The number of carbonyl (C=O) groups is 3. The van der Waals surface area contributed by atoms with Gasteiger partial charge in [0.25, 0.3) is 11.8 Å². The number of nitrogens with zero attached hydrogens (tertiary/aromatic N) is 1. The Bertz CT molecular complexity index is 776. The van der Waals surface area contributed by atoms with Crippen LogP contribution in [0.15, 0.2) is 24.3 Å². The van der Waals surface area contributed by atoms with Gasteiger partial charge in [0.15, 0.2) is 6.61 Å². The number of esters is 1. The molecule has 1 aliphatic heterocycles. The quantitative estimate of drug-likeness (QED) is 0.699. The third kappa shape index (κ3) is 5.38. The summed E-state index contributed by atoms with van der Waals surface area (Å²) in [5, 5.41) is 2.91. The number of benzene rings is 1. The Morgan fingerprint density at radius 2 is 1.61 bits per heavy atom. The number of carbonyl (C=O) groups excluding carboxylic acids is 3. The molecule has 1 saturated carbocycles. The first-order chi connectivity index (χ1) is 14.9. The van der Waals surface area contributed by atoms with Crippen LogP contribution in [0.3, 0.4) is 0 Å². The molecular weight excluding hydrogens is 396 g/mol. The summed E-state index contributed by atoms with van der Waals surface area (Å²) in [7, 11) is 1.35. The van der Waals surface area contributed by atoms with Crippen molar-refractivity contribution in [2.75, 3.05) is 13.7 Å². The normalized spacial score (nSPS) is 23.0. The summed E-state index contributed by atoms with van der Waals surface area (Å²) < 4.78 is 10.6. The van der Waals surface area contributed by atoms with Gasteiger partial charge in [0, 0.05) is 17.6 Å². The zero-order valence-corrected chi connectivity index (χ0v) is 18.8. The topological polar surface area (TPSA) is 84.9 Å². The summed E-state index contributed by atoms with van der Waals surface area (Å²) in [4.78, 5) is 39.6. The predicted octanol–water partition coefficient (Wildman–Crippen LogP) is 3.46. The molecule has 2 aliphatic rings. The lowest BCUT2D eigenvalue weighted by atomic mass is 9.81. The third-order valence-electron chi connectivity index (χ3n) is 6.60. The van der Waals surface area contributed by atoms with Crippen molar-refractivity contribution >= 4 is 17.8 Å². The van der Waals surface area contributed by atoms with E-state index in [4.69, 9.17) is 9.47 Å². The summed E-state index contributed by atoms with van der Waals surface area (Å²) >= 11 is 0. The molecule has 2 atom stereocenters. The Labute approximate surface area is 184 Å². The molecule has 1 saturated heterocycles. The Balaban J connectivity index is 1.58. The van der Waals surface area contributed by atoms with Crippen LogP contribution in [0.1, 0.15) is 75.6 Å². The van der Waals surface area contributed by atoms with Gasteiger partial charge >= 0.3 is 5.97 Å². The van der Waals surface area contributed by atoms with E-state index in [1.54, 1.807) is 24.3 Å². The molecule has 0 aromatic heterocycles. The number of ether oxygens (including phenoxy) is 2. The SMILES string of the molecule is COC(=O)C1(NC(=O)c2ccc(OCC(=O)N3[C@H](C)CCC[C@@H]3C)cc2)CCCCC1. The van der Waals surface area contributed by atoms with Crippen LogP contribution in [0.2, 0.25) is 0 Å². The van der Waals surface area contributed by atoms with E-state index < -0.39 is 5.54 Å². The van der Waals surface area contributed by atoms with Gasteiger partial charge in [-0.25, -0.2) is 4.79 Å². The molecule has 1 aliphatic carbocycles. The van der Waals surface area contributed by atoms with Crippen LogP contribution in [-0.4, -0.2) is 54.0 Å². The lowest BCUT2D eigenvalue weighted by molar-refractivity contribution is -0.149. The van der Waals surface area contributed by atoms with E-state index in [-0.39, 0.29) is 36.5 Å². The minimum atomic E-state index is -0.951. The van der Waals surface area contributed by atoms with Crippen molar-refractivity contribution in [3.05, 3.63) is 29.8 Å². The second-order valence-corrected chi connectivity index (χ2v) is 8.83. The second-order valence-electron chi connectivity index (χ2n) is 8.83. The number of methoxy groups -OCH3 is 1. The van der Waals surface area contributed by atoms with Gasteiger partial charge in [-0.05, 0) is 70.2 Å². The Hall–Kier alpha value is -2.57. The lowest BCUT2D eigenvalue weighted by Crippen LogP contribution is -2.56. The van der Waals surface area contributed by atoms with Crippen molar-refractivity contribution in [2.45, 2.75) is 82.8 Å². The minimum Gasteiger partial charge on any atom is -0.484 e. The molecule has 0 radical (unpaired) electrons. The number of piperidine rings is 1. The van der Waals surface area contributed by atoms with Gasteiger partial charge in [0.1, 0.15) is 11.3 Å². The fourth-order valence-electron chi connectivity index (χ4n) is 4.86. The molecule has 0 unspecified atom stereocenters. The predicted molar refractivity (Wildman–Crippen MR) is 117 cm³/mol. The van der Waals surface area contributed by atoms with Crippen molar-refractivity contribution < 1.29 is 23.9 Å². The summed E-state index contributed by atoms with van der Waals surface area (Å²) in [6.07, 6.45) is 7.17. The van der Waals surface area contributed by atoms with Gasteiger partial charge in [-0.2, -0.15) is 0 Å². The number of likely N-dealkylation sites (tertiary alicyclic amines) is 1. The van der Waals surface area contributed by atoms with Gasteiger partial charge in [-0.15, -0.1) is 0 Å². The molecule has 2 amide bonds. The molecule has 7 nitrogen and oxygen atoms in total.